The number of hydrogen-bond donors (Lipinski definition) is 1. The van der Waals surface area contributed by atoms with Crippen LogP contribution in [0.15, 0.2) is 18.3 Å². The van der Waals surface area contributed by atoms with Crippen LogP contribution >= 0.6 is 0 Å². The highest BCUT2D eigenvalue weighted by Crippen LogP contribution is 2.16. The van der Waals surface area contributed by atoms with E-state index in [0.717, 1.165) is 38.2 Å². The highest BCUT2D eigenvalue weighted by atomic mass is 16.5. The average Bonchev–Trinajstić information content (AvgIpc) is 2.43. The number of pyridine rings is 1. The van der Waals surface area contributed by atoms with E-state index in [2.05, 4.69) is 16.0 Å². The fourth-order valence-corrected chi connectivity index (χ4v) is 2.40. The van der Waals surface area contributed by atoms with E-state index in [4.69, 9.17) is 9.84 Å². The predicted octanol–water partition coefficient (Wildman–Crippen LogP) is 1.85. The van der Waals surface area contributed by atoms with Crippen LogP contribution in [0.1, 0.15) is 30.5 Å². The van der Waals surface area contributed by atoms with E-state index in [0.29, 0.717) is 6.61 Å². The van der Waals surface area contributed by atoms with Gasteiger partial charge < -0.3 is 9.84 Å². The van der Waals surface area contributed by atoms with E-state index in [-0.39, 0.29) is 12.5 Å². The van der Waals surface area contributed by atoms with Crippen molar-refractivity contribution in [3.8, 4) is 0 Å². The molecule has 1 aliphatic rings. The van der Waals surface area contributed by atoms with Gasteiger partial charge in [-0.3, -0.25) is 14.7 Å². The number of carbonyl (C=O) groups is 1. The summed E-state index contributed by atoms with van der Waals surface area (Å²) in [6.07, 6.45) is 4.18. The molecule has 0 saturated carbocycles. The van der Waals surface area contributed by atoms with Crippen molar-refractivity contribution in [2.45, 2.75) is 38.8 Å². The Bertz CT molecular complexity index is 425. The molecule has 2 heterocycles. The van der Waals surface area contributed by atoms with Gasteiger partial charge in [0.2, 0.25) is 0 Å². The Kier molecular flexibility index (Phi) is 5.49. The molecule has 110 valence electrons. The molecular formula is C15H22N2O3. The number of aliphatic carboxylic acids is 1. The zero-order valence-corrected chi connectivity index (χ0v) is 11.9. The molecule has 1 fully saturated rings. The van der Waals surface area contributed by atoms with Gasteiger partial charge in [-0.1, -0.05) is 6.07 Å². The highest BCUT2D eigenvalue weighted by Gasteiger charge is 2.19. The van der Waals surface area contributed by atoms with Gasteiger partial charge >= 0.3 is 5.97 Å². The quantitative estimate of drug-likeness (QED) is 0.860. The lowest BCUT2D eigenvalue weighted by Crippen LogP contribution is -2.36. The second-order valence-electron chi connectivity index (χ2n) is 5.30. The first kappa shape index (κ1) is 14.9. The van der Waals surface area contributed by atoms with Crippen molar-refractivity contribution in [3.05, 3.63) is 29.6 Å². The molecule has 0 radical (unpaired) electrons. The van der Waals surface area contributed by atoms with Crippen LogP contribution in [-0.2, 0) is 16.1 Å². The molecule has 0 spiro atoms. The lowest BCUT2D eigenvalue weighted by atomic mass is 10.1. The number of aryl methyl sites for hydroxylation is 1. The smallest absolute Gasteiger partial charge is 0.305 e. The summed E-state index contributed by atoms with van der Waals surface area (Å²) in [5.74, 6) is -0.797. The number of piperidine rings is 1. The van der Waals surface area contributed by atoms with Crippen molar-refractivity contribution in [2.24, 2.45) is 0 Å². The molecule has 0 atom stereocenters. The normalized spacial score (nSPS) is 17.2. The minimum Gasteiger partial charge on any atom is -0.481 e. The van der Waals surface area contributed by atoms with Gasteiger partial charge in [-0.05, 0) is 31.4 Å². The van der Waals surface area contributed by atoms with Crippen molar-refractivity contribution in [2.75, 3.05) is 19.7 Å². The molecule has 0 aromatic carbocycles. The van der Waals surface area contributed by atoms with Gasteiger partial charge in [0.25, 0.3) is 0 Å². The number of nitrogens with zero attached hydrogens (tertiary/aromatic N) is 2. The number of carboxylic acid groups (broad SMARTS) is 1. The third-order valence-electron chi connectivity index (χ3n) is 3.58. The standard InChI is InChI=1S/C15H22N2O3/c1-12-2-3-13(10-16-12)11-17-7-4-14(5-8-17)20-9-6-15(18)19/h2-3,10,14H,4-9,11H2,1H3,(H,18,19). The lowest BCUT2D eigenvalue weighted by molar-refractivity contribution is -0.138. The molecule has 0 amide bonds. The Morgan fingerprint density at radius 1 is 1.45 bits per heavy atom. The topological polar surface area (TPSA) is 62.7 Å². The number of carboxylic acids is 1. The fourth-order valence-electron chi connectivity index (χ4n) is 2.40. The zero-order valence-electron chi connectivity index (χ0n) is 11.9. The van der Waals surface area contributed by atoms with E-state index in [1.807, 2.05) is 19.2 Å². The largest absolute Gasteiger partial charge is 0.481 e. The van der Waals surface area contributed by atoms with Crippen LogP contribution in [0.2, 0.25) is 0 Å². The van der Waals surface area contributed by atoms with Gasteiger partial charge in [-0.15, -0.1) is 0 Å². The van der Waals surface area contributed by atoms with Gasteiger partial charge in [0, 0.05) is 31.5 Å². The molecule has 0 aliphatic carbocycles. The maximum Gasteiger partial charge on any atom is 0.305 e. The second-order valence-corrected chi connectivity index (χ2v) is 5.30. The molecule has 0 bridgehead atoms. The Labute approximate surface area is 119 Å². The number of hydrogen-bond acceptors (Lipinski definition) is 4. The zero-order chi connectivity index (χ0) is 14.4. The minimum absolute atomic E-state index is 0.0925. The van der Waals surface area contributed by atoms with E-state index >= 15 is 0 Å². The minimum atomic E-state index is -0.797. The maximum atomic E-state index is 10.4. The Morgan fingerprint density at radius 2 is 2.20 bits per heavy atom. The molecule has 0 unspecified atom stereocenters. The first-order valence-corrected chi connectivity index (χ1v) is 7.11. The molecule has 2 rings (SSSR count). The molecule has 5 heteroatoms. The van der Waals surface area contributed by atoms with Gasteiger partial charge in [0.15, 0.2) is 0 Å². The Morgan fingerprint density at radius 3 is 2.80 bits per heavy atom. The monoisotopic (exact) mass is 278 g/mol. The summed E-state index contributed by atoms with van der Waals surface area (Å²) in [6.45, 7) is 5.22. The SMILES string of the molecule is Cc1ccc(CN2CCC(OCCC(=O)O)CC2)cn1. The molecule has 20 heavy (non-hydrogen) atoms. The summed E-state index contributed by atoms with van der Waals surface area (Å²) in [6, 6.07) is 4.16. The van der Waals surface area contributed by atoms with Crippen LogP contribution in [0.25, 0.3) is 0 Å². The number of ether oxygens (including phenoxy) is 1. The van der Waals surface area contributed by atoms with Crippen LogP contribution < -0.4 is 0 Å². The third-order valence-corrected chi connectivity index (χ3v) is 3.58. The third kappa shape index (κ3) is 4.90. The maximum absolute atomic E-state index is 10.4. The summed E-state index contributed by atoms with van der Waals surface area (Å²) in [5.41, 5.74) is 2.28. The van der Waals surface area contributed by atoms with Gasteiger partial charge in [-0.25, -0.2) is 0 Å². The van der Waals surface area contributed by atoms with Gasteiger partial charge in [0.05, 0.1) is 19.1 Å². The molecule has 1 aromatic heterocycles. The van der Waals surface area contributed by atoms with Crippen molar-refractivity contribution in [1.82, 2.24) is 9.88 Å². The highest BCUT2D eigenvalue weighted by molar-refractivity contribution is 5.66. The first-order valence-electron chi connectivity index (χ1n) is 7.11. The van der Waals surface area contributed by atoms with E-state index in [1.54, 1.807) is 0 Å². The number of aromatic nitrogens is 1. The lowest BCUT2D eigenvalue weighted by Gasteiger charge is -2.31. The molecule has 5 nitrogen and oxygen atoms in total. The second kappa shape index (κ2) is 7.36. The van der Waals surface area contributed by atoms with Crippen LogP contribution in [0.4, 0.5) is 0 Å². The molecule has 1 aromatic rings. The summed E-state index contributed by atoms with van der Waals surface area (Å²) < 4.78 is 5.59. The van der Waals surface area contributed by atoms with Crippen LogP contribution in [0, 0.1) is 6.92 Å². The first-order chi connectivity index (χ1) is 9.63. The van der Waals surface area contributed by atoms with Crippen molar-refractivity contribution in [3.63, 3.8) is 0 Å². The summed E-state index contributed by atoms with van der Waals surface area (Å²) >= 11 is 0. The van der Waals surface area contributed by atoms with Crippen molar-refractivity contribution < 1.29 is 14.6 Å². The predicted molar refractivity (Wildman–Crippen MR) is 75.5 cm³/mol. The molecular weight excluding hydrogens is 256 g/mol. The van der Waals surface area contributed by atoms with Gasteiger partial charge in [0.1, 0.15) is 0 Å². The Balaban J connectivity index is 1.68. The molecule has 1 N–H and O–H groups in total. The van der Waals surface area contributed by atoms with Crippen LogP contribution in [0.5, 0.6) is 0 Å². The molecule has 1 saturated heterocycles. The summed E-state index contributed by atoms with van der Waals surface area (Å²) in [7, 11) is 0. The average molecular weight is 278 g/mol. The number of likely N-dealkylation sites (tertiary alicyclic amines) is 1. The van der Waals surface area contributed by atoms with Crippen LogP contribution in [-0.4, -0.2) is 46.8 Å². The number of rotatable bonds is 6. The summed E-state index contributed by atoms with van der Waals surface area (Å²) in [5, 5.41) is 8.57. The van der Waals surface area contributed by atoms with Crippen molar-refractivity contribution >= 4 is 5.97 Å². The summed E-state index contributed by atoms with van der Waals surface area (Å²) in [4.78, 5) is 17.1. The van der Waals surface area contributed by atoms with E-state index in [1.165, 1.54) is 5.56 Å². The fraction of sp³-hybridized carbons (Fsp3) is 0.600. The Hall–Kier alpha value is -1.46. The van der Waals surface area contributed by atoms with Crippen LogP contribution in [0.3, 0.4) is 0 Å². The van der Waals surface area contributed by atoms with Gasteiger partial charge in [-0.2, -0.15) is 0 Å². The van der Waals surface area contributed by atoms with Crippen molar-refractivity contribution in [1.29, 1.82) is 0 Å². The van der Waals surface area contributed by atoms with E-state index in [9.17, 15) is 4.79 Å². The molecule has 1 aliphatic heterocycles. The van der Waals surface area contributed by atoms with E-state index < -0.39 is 5.97 Å².